The van der Waals surface area contributed by atoms with Crippen molar-refractivity contribution in [3.05, 3.63) is 28.8 Å². The summed E-state index contributed by atoms with van der Waals surface area (Å²) in [6.07, 6.45) is 2.04. The Balaban J connectivity index is 2.78. The van der Waals surface area contributed by atoms with E-state index in [0.29, 0.717) is 17.7 Å². The Bertz CT molecular complexity index is 623. The maximum atomic E-state index is 11.9. The SMILES string of the molecule is CS(=O)CCCNS(=O)(=O)c1ccc(C#N)cc1Cl. The first-order valence-corrected chi connectivity index (χ1v) is 8.95. The van der Waals surface area contributed by atoms with Crippen molar-refractivity contribution in [1.82, 2.24) is 4.72 Å². The lowest BCUT2D eigenvalue weighted by Crippen LogP contribution is -2.26. The maximum absolute atomic E-state index is 11.9. The Morgan fingerprint density at radius 1 is 1.47 bits per heavy atom. The van der Waals surface area contributed by atoms with E-state index in [0.717, 1.165) is 0 Å². The number of nitrogens with one attached hydrogen (secondary N) is 1. The number of hydrogen-bond donors (Lipinski definition) is 1. The molecule has 1 aromatic carbocycles. The molecule has 104 valence electrons. The van der Waals surface area contributed by atoms with Crippen LogP contribution in [0.2, 0.25) is 5.02 Å². The van der Waals surface area contributed by atoms with Crippen molar-refractivity contribution in [1.29, 1.82) is 5.26 Å². The predicted molar refractivity (Wildman–Crippen MR) is 74.9 cm³/mol. The Morgan fingerprint density at radius 2 is 2.16 bits per heavy atom. The molecule has 1 N–H and O–H groups in total. The smallest absolute Gasteiger partial charge is 0.242 e. The molecule has 0 bridgehead atoms. The quantitative estimate of drug-likeness (QED) is 0.799. The first kappa shape index (κ1) is 16.1. The normalized spacial score (nSPS) is 12.9. The minimum absolute atomic E-state index is 0.00520. The van der Waals surface area contributed by atoms with Crippen molar-refractivity contribution < 1.29 is 12.6 Å². The molecular weight excluding hydrogens is 308 g/mol. The van der Waals surface area contributed by atoms with Crippen LogP contribution in [0.3, 0.4) is 0 Å². The molecule has 0 fully saturated rings. The molecule has 0 amide bonds. The Hall–Kier alpha value is -0.940. The molecule has 0 aliphatic heterocycles. The molecule has 0 aliphatic carbocycles. The molecule has 5 nitrogen and oxygen atoms in total. The number of sulfonamides is 1. The highest BCUT2D eigenvalue weighted by molar-refractivity contribution is 7.89. The van der Waals surface area contributed by atoms with Gasteiger partial charge in [0.2, 0.25) is 10.0 Å². The summed E-state index contributed by atoms with van der Waals surface area (Å²) in [5, 5.41) is 8.68. The second-order valence-electron chi connectivity index (χ2n) is 3.79. The fourth-order valence-electron chi connectivity index (χ4n) is 1.35. The third-order valence-electron chi connectivity index (χ3n) is 2.25. The molecule has 0 saturated heterocycles. The van der Waals surface area contributed by atoms with Gasteiger partial charge in [0.1, 0.15) is 4.90 Å². The molecule has 0 spiro atoms. The van der Waals surface area contributed by atoms with E-state index in [2.05, 4.69) is 4.72 Å². The summed E-state index contributed by atoms with van der Waals surface area (Å²) in [5.74, 6) is 0.434. The molecule has 8 heteroatoms. The van der Waals surface area contributed by atoms with Gasteiger partial charge < -0.3 is 0 Å². The third kappa shape index (κ3) is 4.91. The molecule has 0 aliphatic rings. The van der Waals surface area contributed by atoms with Gasteiger partial charge in [0.25, 0.3) is 0 Å². The summed E-state index contributed by atoms with van der Waals surface area (Å²) in [7, 11) is -4.65. The van der Waals surface area contributed by atoms with Gasteiger partial charge in [-0.05, 0) is 24.6 Å². The van der Waals surface area contributed by atoms with Gasteiger partial charge in [-0.1, -0.05) is 11.6 Å². The highest BCUT2D eigenvalue weighted by Gasteiger charge is 2.17. The van der Waals surface area contributed by atoms with Crippen molar-refractivity contribution in [3.8, 4) is 6.07 Å². The van der Waals surface area contributed by atoms with E-state index in [-0.39, 0.29) is 16.5 Å². The zero-order valence-corrected chi connectivity index (χ0v) is 12.6. The van der Waals surface area contributed by atoms with Gasteiger partial charge in [-0.3, -0.25) is 4.21 Å². The summed E-state index contributed by atoms with van der Waals surface area (Å²) in [4.78, 5) is -0.0641. The van der Waals surface area contributed by atoms with Crippen molar-refractivity contribution in [2.45, 2.75) is 11.3 Å². The van der Waals surface area contributed by atoms with Crippen molar-refractivity contribution in [3.63, 3.8) is 0 Å². The first-order chi connectivity index (χ1) is 8.86. The standard InChI is InChI=1S/C11H13ClN2O3S2/c1-18(15)6-2-5-14-19(16,17)11-4-3-9(8-13)7-10(11)12/h3-4,7,14H,2,5-6H2,1H3. The molecule has 0 saturated carbocycles. The molecule has 0 radical (unpaired) electrons. The molecule has 1 unspecified atom stereocenters. The van der Waals surface area contributed by atoms with Crippen LogP contribution < -0.4 is 4.72 Å². The Morgan fingerprint density at radius 3 is 2.68 bits per heavy atom. The van der Waals surface area contributed by atoms with E-state index in [9.17, 15) is 12.6 Å². The highest BCUT2D eigenvalue weighted by Crippen LogP contribution is 2.22. The van der Waals surface area contributed by atoms with Crippen LogP contribution in [0.25, 0.3) is 0 Å². The van der Waals surface area contributed by atoms with E-state index >= 15 is 0 Å². The lowest BCUT2D eigenvalue weighted by Gasteiger charge is -2.08. The minimum atomic E-state index is -3.70. The van der Waals surface area contributed by atoms with Crippen LogP contribution in [0.4, 0.5) is 0 Å². The number of benzene rings is 1. The number of nitriles is 1. The summed E-state index contributed by atoms with van der Waals surface area (Å²) < 4.78 is 37.1. The first-order valence-electron chi connectivity index (χ1n) is 5.36. The fourth-order valence-corrected chi connectivity index (χ4v) is 3.52. The van der Waals surface area contributed by atoms with Crippen LogP contribution in [-0.4, -0.2) is 31.2 Å². The topological polar surface area (TPSA) is 87.0 Å². The van der Waals surface area contributed by atoms with Gasteiger partial charge >= 0.3 is 0 Å². The molecule has 19 heavy (non-hydrogen) atoms. The van der Waals surface area contributed by atoms with Gasteiger partial charge in [-0.2, -0.15) is 5.26 Å². The lowest BCUT2D eigenvalue weighted by atomic mass is 10.2. The van der Waals surface area contributed by atoms with Gasteiger partial charge in [0.05, 0.1) is 16.7 Å². The summed E-state index contributed by atoms with van der Waals surface area (Å²) in [5.41, 5.74) is 0.297. The van der Waals surface area contributed by atoms with Crippen molar-refractivity contribution in [2.75, 3.05) is 18.6 Å². The molecule has 1 aromatic rings. The van der Waals surface area contributed by atoms with Gasteiger partial charge in [-0.15, -0.1) is 0 Å². The number of nitrogens with zero attached hydrogens (tertiary/aromatic N) is 1. The molecule has 1 atom stereocenters. The third-order valence-corrected chi connectivity index (χ3v) is 5.06. The van der Waals surface area contributed by atoms with E-state index in [1.807, 2.05) is 6.07 Å². The molecule has 1 rings (SSSR count). The Labute approximate surface area is 120 Å². The van der Waals surface area contributed by atoms with Gasteiger partial charge in [0, 0.05) is 29.4 Å². The fraction of sp³-hybridized carbons (Fsp3) is 0.364. The van der Waals surface area contributed by atoms with Crippen LogP contribution in [-0.2, 0) is 20.8 Å². The molecular formula is C11H13ClN2O3S2. The van der Waals surface area contributed by atoms with Crippen LogP contribution >= 0.6 is 11.6 Å². The van der Waals surface area contributed by atoms with E-state index in [1.54, 1.807) is 6.26 Å². The van der Waals surface area contributed by atoms with Crippen molar-refractivity contribution >= 4 is 32.4 Å². The number of halogens is 1. The van der Waals surface area contributed by atoms with E-state index < -0.39 is 20.8 Å². The summed E-state index contributed by atoms with van der Waals surface area (Å²) in [6.45, 7) is 0.193. The van der Waals surface area contributed by atoms with Gasteiger partial charge in [0.15, 0.2) is 0 Å². The van der Waals surface area contributed by atoms with Crippen LogP contribution in [0.1, 0.15) is 12.0 Å². The summed E-state index contributed by atoms with van der Waals surface area (Å²) in [6, 6.07) is 5.86. The zero-order chi connectivity index (χ0) is 14.5. The average Bonchev–Trinajstić information content (AvgIpc) is 2.34. The number of hydrogen-bond acceptors (Lipinski definition) is 4. The van der Waals surface area contributed by atoms with Crippen LogP contribution in [0.15, 0.2) is 23.1 Å². The summed E-state index contributed by atoms with van der Waals surface area (Å²) >= 11 is 5.84. The minimum Gasteiger partial charge on any atom is -0.260 e. The van der Waals surface area contributed by atoms with Crippen LogP contribution in [0, 0.1) is 11.3 Å². The lowest BCUT2D eigenvalue weighted by molar-refractivity contribution is 0.580. The maximum Gasteiger partial charge on any atom is 0.242 e. The molecule has 0 heterocycles. The average molecular weight is 321 g/mol. The Kier molecular flexibility index (Phi) is 5.94. The highest BCUT2D eigenvalue weighted by atomic mass is 35.5. The van der Waals surface area contributed by atoms with E-state index in [1.165, 1.54) is 18.2 Å². The monoisotopic (exact) mass is 320 g/mol. The van der Waals surface area contributed by atoms with Gasteiger partial charge in [-0.25, -0.2) is 13.1 Å². The van der Waals surface area contributed by atoms with Crippen molar-refractivity contribution in [2.24, 2.45) is 0 Å². The number of rotatable bonds is 6. The molecule has 0 aromatic heterocycles. The largest absolute Gasteiger partial charge is 0.260 e. The van der Waals surface area contributed by atoms with Crippen LogP contribution in [0.5, 0.6) is 0 Å². The second-order valence-corrected chi connectivity index (χ2v) is 7.48. The zero-order valence-electron chi connectivity index (χ0n) is 10.2. The van der Waals surface area contributed by atoms with E-state index in [4.69, 9.17) is 16.9 Å². The second kappa shape index (κ2) is 7.01. The predicted octanol–water partition coefficient (Wildman–Crippen LogP) is 1.26.